The number of benzene rings is 3. The number of rotatable bonds is 9. The second-order valence-electron chi connectivity index (χ2n) is 9.50. The zero-order chi connectivity index (χ0) is 32.6. The number of alkyl halides is 3. The smallest absolute Gasteiger partial charge is 0.338 e. The van der Waals surface area contributed by atoms with Gasteiger partial charge in [-0.2, -0.15) is 0 Å². The minimum atomic E-state index is -2.38. The average Bonchev–Trinajstić information content (AvgIpc) is 3.03. The third-order valence-electron chi connectivity index (χ3n) is 6.29. The van der Waals surface area contributed by atoms with Gasteiger partial charge in [0, 0.05) is 6.92 Å². The summed E-state index contributed by atoms with van der Waals surface area (Å²) in [4.78, 5) is 51.8. The lowest BCUT2D eigenvalue weighted by Crippen LogP contribution is -2.63. The molecule has 0 bridgehead atoms. The number of halogens is 3. The maximum atomic E-state index is 13.4. The van der Waals surface area contributed by atoms with E-state index in [2.05, 4.69) is 0 Å². The first kappa shape index (κ1) is 33.7. The summed E-state index contributed by atoms with van der Waals surface area (Å²) >= 11 is 17.6. The summed E-state index contributed by atoms with van der Waals surface area (Å²) in [6.07, 6.45) is -8.13. The molecular formula is C31H26Cl3NO10. The molecular weight excluding hydrogens is 653 g/mol. The monoisotopic (exact) mass is 677 g/mol. The molecule has 1 aliphatic rings. The van der Waals surface area contributed by atoms with Gasteiger partial charge in [-0.05, 0) is 36.4 Å². The van der Waals surface area contributed by atoms with Crippen LogP contribution in [-0.2, 0) is 33.2 Å². The number of nitrogens with one attached hydrogen (secondary N) is 1. The molecule has 0 radical (unpaired) electrons. The Bertz CT molecular complexity index is 1500. The molecule has 5 atom stereocenters. The number of hydrogen-bond donors (Lipinski definition) is 1. The number of carbonyl (C=O) groups excluding carboxylic acids is 4. The Hall–Kier alpha value is -4.16. The Balaban J connectivity index is 1.80. The van der Waals surface area contributed by atoms with Crippen LogP contribution in [0.3, 0.4) is 0 Å². The van der Waals surface area contributed by atoms with E-state index in [9.17, 15) is 19.2 Å². The number of ether oxygens (including phenoxy) is 6. The Labute approximate surface area is 272 Å². The van der Waals surface area contributed by atoms with Crippen molar-refractivity contribution in [3.8, 4) is 0 Å². The second kappa shape index (κ2) is 15.2. The molecule has 1 heterocycles. The minimum Gasteiger partial charge on any atom is -0.463 e. The third kappa shape index (κ3) is 9.18. The van der Waals surface area contributed by atoms with E-state index in [1.165, 1.54) is 36.4 Å². The van der Waals surface area contributed by atoms with Crippen molar-refractivity contribution >= 4 is 64.6 Å². The van der Waals surface area contributed by atoms with Crippen molar-refractivity contribution in [1.29, 1.82) is 5.41 Å². The molecule has 1 fully saturated rings. The molecule has 3 aromatic rings. The van der Waals surface area contributed by atoms with E-state index in [-0.39, 0.29) is 16.7 Å². The Morgan fingerprint density at radius 1 is 0.667 bits per heavy atom. The van der Waals surface area contributed by atoms with Crippen LogP contribution in [0.15, 0.2) is 91.0 Å². The summed E-state index contributed by atoms with van der Waals surface area (Å²) < 4.78 is 31.6. The van der Waals surface area contributed by atoms with Gasteiger partial charge in [0.05, 0.1) is 16.7 Å². The van der Waals surface area contributed by atoms with E-state index in [1.807, 2.05) is 0 Å². The molecule has 45 heavy (non-hydrogen) atoms. The van der Waals surface area contributed by atoms with Gasteiger partial charge in [-0.25, -0.2) is 14.4 Å². The van der Waals surface area contributed by atoms with Gasteiger partial charge in [0.25, 0.3) is 3.79 Å². The number of esters is 4. The fraction of sp³-hybridized carbons (Fsp3) is 0.258. The largest absolute Gasteiger partial charge is 0.463 e. The van der Waals surface area contributed by atoms with Crippen LogP contribution in [0.2, 0.25) is 0 Å². The normalized spacial score (nSPS) is 21.1. The highest BCUT2D eigenvalue weighted by Gasteiger charge is 2.55. The van der Waals surface area contributed by atoms with Crippen LogP contribution in [0.25, 0.3) is 0 Å². The van der Waals surface area contributed by atoms with Gasteiger partial charge in [-0.3, -0.25) is 10.2 Å². The molecule has 0 aliphatic carbocycles. The summed E-state index contributed by atoms with van der Waals surface area (Å²) in [6.45, 7) is 0.597. The van der Waals surface area contributed by atoms with Crippen molar-refractivity contribution in [3.63, 3.8) is 0 Å². The highest BCUT2D eigenvalue weighted by molar-refractivity contribution is 6.76. The lowest BCUT2D eigenvalue weighted by atomic mass is 9.97. The van der Waals surface area contributed by atoms with Crippen molar-refractivity contribution in [2.75, 3.05) is 6.61 Å². The van der Waals surface area contributed by atoms with E-state index in [0.717, 1.165) is 6.92 Å². The first-order chi connectivity index (χ1) is 21.4. The van der Waals surface area contributed by atoms with Gasteiger partial charge in [0.1, 0.15) is 12.7 Å². The summed E-state index contributed by atoms with van der Waals surface area (Å²) in [6, 6.07) is 23.5. The van der Waals surface area contributed by atoms with Crippen LogP contribution in [-0.4, -0.2) is 70.9 Å². The second-order valence-corrected chi connectivity index (χ2v) is 11.8. The Morgan fingerprint density at radius 3 is 1.47 bits per heavy atom. The summed E-state index contributed by atoms with van der Waals surface area (Å²) in [7, 11) is 0. The third-order valence-corrected chi connectivity index (χ3v) is 6.81. The van der Waals surface area contributed by atoms with E-state index in [1.54, 1.807) is 54.6 Å². The van der Waals surface area contributed by atoms with Crippen LogP contribution >= 0.6 is 34.8 Å². The Morgan fingerprint density at radius 2 is 1.07 bits per heavy atom. The SMILES string of the molecule is CC(=O)OC[C@H]1O[C@H](OC(=N)C(Cl)(Cl)Cl)[C@H](OC(=O)c2ccccc2)[C@@H](OC(=O)c2ccccc2)[C@H]1OC(=O)c1ccccc1. The highest BCUT2D eigenvalue weighted by atomic mass is 35.6. The zero-order valence-corrected chi connectivity index (χ0v) is 25.7. The summed E-state index contributed by atoms with van der Waals surface area (Å²) in [5.74, 6) is -4.32. The maximum Gasteiger partial charge on any atom is 0.338 e. The quantitative estimate of drug-likeness (QED) is 0.104. The highest BCUT2D eigenvalue weighted by Crippen LogP contribution is 2.34. The molecule has 14 heteroatoms. The van der Waals surface area contributed by atoms with Gasteiger partial charge < -0.3 is 28.4 Å². The maximum absolute atomic E-state index is 13.4. The summed E-state index contributed by atoms with van der Waals surface area (Å²) in [5, 5.41) is 8.15. The predicted molar refractivity (Wildman–Crippen MR) is 161 cm³/mol. The van der Waals surface area contributed by atoms with Crippen molar-refractivity contribution < 1.29 is 47.6 Å². The standard InChI is InChI=1S/C31H26Cl3NO10/c1-18(36)40-17-22-23(42-26(37)19-11-5-2-6-12-19)24(43-27(38)20-13-7-3-8-14-20)25(29(41-22)45-30(35)31(32,33)34)44-28(39)21-15-9-4-10-16-21/h2-16,22-25,29,35H,17H2,1H3/t22-,23+,24+,25-,29-/m1/s1. The van der Waals surface area contributed by atoms with Crippen molar-refractivity contribution in [2.45, 2.75) is 41.4 Å². The molecule has 236 valence electrons. The molecule has 3 aromatic carbocycles. The van der Waals surface area contributed by atoms with Crippen LogP contribution < -0.4 is 0 Å². The topological polar surface area (TPSA) is 148 Å². The van der Waals surface area contributed by atoms with Gasteiger partial charge in [0.2, 0.25) is 18.3 Å². The molecule has 0 amide bonds. The van der Waals surface area contributed by atoms with Crippen LogP contribution in [0.5, 0.6) is 0 Å². The fourth-order valence-electron chi connectivity index (χ4n) is 4.19. The van der Waals surface area contributed by atoms with Crippen LogP contribution in [0, 0.1) is 5.41 Å². The van der Waals surface area contributed by atoms with Gasteiger partial charge >= 0.3 is 23.9 Å². The van der Waals surface area contributed by atoms with Crippen LogP contribution in [0.4, 0.5) is 0 Å². The van der Waals surface area contributed by atoms with Crippen molar-refractivity contribution in [3.05, 3.63) is 108 Å². The van der Waals surface area contributed by atoms with E-state index in [0.29, 0.717) is 0 Å². The van der Waals surface area contributed by atoms with Crippen molar-refractivity contribution in [1.82, 2.24) is 0 Å². The van der Waals surface area contributed by atoms with Gasteiger partial charge in [0.15, 0.2) is 12.2 Å². The van der Waals surface area contributed by atoms with Gasteiger partial charge in [-0.15, -0.1) is 0 Å². The molecule has 0 spiro atoms. The first-order valence-electron chi connectivity index (χ1n) is 13.3. The lowest BCUT2D eigenvalue weighted by molar-refractivity contribution is -0.280. The molecule has 0 unspecified atom stereocenters. The molecule has 11 nitrogen and oxygen atoms in total. The predicted octanol–water partition coefficient (Wildman–Crippen LogP) is 5.32. The molecule has 0 saturated carbocycles. The number of carbonyl (C=O) groups is 4. The van der Waals surface area contributed by atoms with Crippen molar-refractivity contribution in [2.24, 2.45) is 0 Å². The van der Waals surface area contributed by atoms with Crippen LogP contribution in [0.1, 0.15) is 38.0 Å². The van der Waals surface area contributed by atoms with E-state index in [4.69, 9.17) is 68.6 Å². The van der Waals surface area contributed by atoms with E-state index >= 15 is 0 Å². The number of hydrogen-bond acceptors (Lipinski definition) is 11. The lowest BCUT2D eigenvalue weighted by Gasteiger charge is -2.44. The molecule has 1 aliphatic heterocycles. The molecule has 1 N–H and O–H groups in total. The fourth-order valence-corrected chi connectivity index (χ4v) is 4.32. The first-order valence-corrected chi connectivity index (χ1v) is 14.5. The zero-order valence-electron chi connectivity index (χ0n) is 23.5. The molecule has 1 saturated heterocycles. The van der Waals surface area contributed by atoms with E-state index < -0.39 is 70.9 Å². The molecule has 4 rings (SSSR count). The summed E-state index contributed by atoms with van der Waals surface area (Å²) in [5.41, 5.74) is 0.333. The molecule has 0 aromatic heterocycles. The Kier molecular flexibility index (Phi) is 11.4. The van der Waals surface area contributed by atoms with Gasteiger partial charge in [-0.1, -0.05) is 89.4 Å². The minimum absolute atomic E-state index is 0.0979. The average molecular weight is 679 g/mol.